The zero-order valence-electron chi connectivity index (χ0n) is 33.5. The molecular weight excluding hydrogens is 879 g/mol. The molecule has 0 aromatic heterocycles. The number of carbonyl (C=O) groups is 5. The van der Waals surface area contributed by atoms with Crippen molar-refractivity contribution in [2.75, 3.05) is 11.0 Å². The molecule has 0 saturated heterocycles. The standard InChI is InChI=1S/C41H55IN6O9S/c1-27(2)23-35(39(52)47-48(36(50)24-42)25-30-16-18-32(49)19-17-30)45-38(51)34(13-9-10-22-43-58(55,56)33-20-14-29(5)15-21-33)44-40(53)37(28(3)4)46-41(54)57-26-31-11-7-6-8-12-31/h6-8,11-12,14-21,27-28,34-35,37,43,49H,9-10,13,22-26H2,1-5H3,(H,44,53)(H,45,51)(H,46,54)(H,47,52)/t34-,35-,37-/m0/s1. The van der Waals surface area contributed by atoms with Crippen LogP contribution in [-0.4, -0.2) is 77.4 Å². The fourth-order valence-electron chi connectivity index (χ4n) is 5.67. The number of sulfonamides is 1. The zero-order valence-corrected chi connectivity index (χ0v) is 36.5. The van der Waals surface area contributed by atoms with Crippen molar-refractivity contribution in [1.29, 1.82) is 0 Å². The van der Waals surface area contributed by atoms with Gasteiger partial charge in [0.05, 0.1) is 15.9 Å². The molecule has 15 nitrogen and oxygen atoms in total. The number of phenols is 1. The number of phenolic OH excluding ortho intramolecular Hbond substituents is 1. The second kappa shape index (κ2) is 23.6. The maximum Gasteiger partial charge on any atom is 0.408 e. The predicted octanol–water partition coefficient (Wildman–Crippen LogP) is 4.61. The third-order valence-corrected chi connectivity index (χ3v) is 11.0. The number of alkyl halides is 1. The first-order chi connectivity index (χ1) is 27.5. The van der Waals surface area contributed by atoms with Crippen LogP contribution in [-0.2, 0) is 47.1 Å². The summed E-state index contributed by atoms with van der Waals surface area (Å²) in [6.07, 6.45) is 0.0192. The summed E-state index contributed by atoms with van der Waals surface area (Å²) in [7, 11) is -3.78. The first-order valence-corrected chi connectivity index (χ1v) is 22.1. The summed E-state index contributed by atoms with van der Waals surface area (Å²) >= 11 is 1.89. The number of aromatic hydroxyl groups is 1. The van der Waals surface area contributed by atoms with Gasteiger partial charge in [-0.25, -0.2) is 22.9 Å². The summed E-state index contributed by atoms with van der Waals surface area (Å²) in [6.45, 7) is 9.06. The number of carbonyl (C=O) groups excluding carboxylic acids is 5. The van der Waals surface area contributed by atoms with Gasteiger partial charge in [0, 0.05) is 6.54 Å². The van der Waals surface area contributed by atoms with Gasteiger partial charge in [-0.1, -0.05) is 110 Å². The Kier molecular flexibility index (Phi) is 19.4. The van der Waals surface area contributed by atoms with Gasteiger partial charge in [-0.15, -0.1) is 0 Å². The maximum absolute atomic E-state index is 14.0. The molecule has 0 spiro atoms. The Bertz CT molecular complexity index is 1910. The van der Waals surface area contributed by atoms with Crippen molar-refractivity contribution < 1.29 is 42.2 Å². The Labute approximate surface area is 354 Å². The second-order valence-electron chi connectivity index (χ2n) is 14.6. The first-order valence-electron chi connectivity index (χ1n) is 19.1. The molecule has 3 atom stereocenters. The molecule has 58 heavy (non-hydrogen) atoms. The summed E-state index contributed by atoms with van der Waals surface area (Å²) in [5.74, 6) is -2.85. The highest BCUT2D eigenvalue weighted by molar-refractivity contribution is 14.1. The van der Waals surface area contributed by atoms with Gasteiger partial charge in [-0.3, -0.25) is 24.6 Å². The Hall–Kier alpha value is -4.75. The van der Waals surface area contributed by atoms with Crippen LogP contribution < -0.4 is 26.1 Å². The molecule has 0 saturated carbocycles. The van der Waals surface area contributed by atoms with Crippen molar-refractivity contribution in [3.05, 3.63) is 95.6 Å². The Morgan fingerprint density at radius 1 is 0.776 bits per heavy atom. The molecule has 0 fully saturated rings. The Balaban J connectivity index is 1.77. The molecule has 0 aliphatic heterocycles. The monoisotopic (exact) mass is 934 g/mol. The van der Waals surface area contributed by atoms with Crippen molar-refractivity contribution >= 4 is 62.3 Å². The number of benzene rings is 3. The van der Waals surface area contributed by atoms with Gasteiger partial charge >= 0.3 is 6.09 Å². The number of aryl methyl sites for hydroxylation is 1. The van der Waals surface area contributed by atoms with Crippen molar-refractivity contribution in [3.8, 4) is 5.75 Å². The quantitative estimate of drug-likeness (QED) is 0.0381. The number of hydrogen-bond acceptors (Lipinski definition) is 9. The normalized spacial score (nSPS) is 12.9. The maximum atomic E-state index is 14.0. The lowest BCUT2D eigenvalue weighted by Gasteiger charge is -2.29. The van der Waals surface area contributed by atoms with Gasteiger partial charge < -0.3 is 25.8 Å². The van der Waals surface area contributed by atoms with Crippen molar-refractivity contribution in [1.82, 2.24) is 31.1 Å². The highest BCUT2D eigenvalue weighted by Crippen LogP contribution is 2.15. The van der Waals surface area contributed by atoms with Crippen LogP contribution in [0.15, 0.2) is 83.8 Å². The summed E-state index contributed by atoms with van der Waals surface area (Å²) < 4.78 is 33.6. The van der Waals surface area contributed by atoms with Crippen LogP contribution in [0.3, 0.4) is 0 Å². The molecule has 5 amide bonds. The van der Waals surface area contributed by atoms with Crippen molar-refractivity contribution in [2.24, 2.45) is 11.8 Å². The second-order valence-corrected chi connectivity index (χ2v) is 17.2. The van der Waals surface area contributed by atoms with Crippen LogP contribution in [0.4, 0.5) is 4.79 Å². The predicted molar refractivity (Wildman–Crippen MR) is 228 cm³/mol. The number of amides is 5. The van der Waals surface area contributed by atoms with Crippen LogP contribution in [0, 0.1) is 18.8 Å². The lowest BCUT2D eigenvalue weighted by atomic mass is 10.0. The lowest BCUT2D eigenvalue weighted by molar-refractivity contribution is -0.142. The van der Waals surface area contributed by atoms with E-state index >= 15 is 0 Å². The summed E-state index contributed by atoms with van der Waals surface area (Å²) in [5, 5.41) is 18.9. The third-order valence-electron chi connectivity index (χ3n) is 8.89. The minimum atomic E-state index is -3.78. The highest BCUT2D eigenvalue weighted by Gasteiger charge is 2.32. The van der Waals surface area contributed by atoms with Crippen LogP contribution in [0.25, 0.3) is 0 Å². The smallest absolute Gasteiger partial charge is 0.408 e. The van der Waals surface area contributed by atoms with E-state index in [0.29, 0.717) is 18.4 Å². The van der Waals surface area contributed by atoms with Gasteiger partial charge in [0.1, 0.15) is 30.5 Å². The molecular formula is C41H55IN6O9S. The molecule has 0 unspecified atom stereocenters. The average molecular weight is 935 g/mol. The first kappa shape index (κ1) is 47.6. The van der Waals surface area contributed by atoms with E-state index in [4.69, 9.17) is 4.74 Å². The van der Waals surface area contributed by atoms with E-state index in [1.54, 1.807) is 62.4 Å². The van der Waals surface area contributed by atoms with Gasteiger partial charge in [-0.05, 0) is 79.8 Å². The molecule has 6 N–H and O–H groups in total. The Morgan fingerprint density at radius 3 is 2.02 bits per heavy atom. The van der Waals surface area contributed by atoms with Gasteiger partial charge in [0.2, 0.25) is 21.8 Å². The van der Waals surface area contributed by atoms with Crippen molar-refractivity contribution in [2.45, 2.75) is 96.5 Å². The number of hydrazine groups is 1. The molecule has 316 valence electrons. The van der Waals surface area contributed by atoms with Gasteiger partial charge in [0.25, 0.3) is 11.8 Å². The number of rotatable bonds is 21. The molecule has 0 radical (unpaired) electrons. The molecule has 0 heterocycles. The van der Waals surface area contributed by atoms with E-state index in [-0.39, 0.29) is 53.5 Å². The number of hydrogen-bond donors (Lipinski definition) is 6. The zero-order chi connectivity index (χ0) is 42.8. The van der Waals surface area contributed by atoms with E-state index in [1.165, 1.54) is 24.3 Å². The minimum Gasteiger partial charge on any atom is -0.508 e. The van der Waals surface area contributed by atoms with E-state index in [1.807, 2.05) is 49.4 Å². The van der Waals surface area contributed by atoms with E-state index in [0.717, 1.165) is 16.1 Å². The molecule has 3 aromatic rings. The molecule has 3 aromatic carbocycles. The number of ether oxygens (including phenoxy) is 1. The van der Waals surface area contributed by atoms with Crippen LogP contribution >= 0.6 is 22.6 Å². The van der Waals surface area contributed by atoms with Crippen LogP contribution in [0.2, 0.25) is 0 Å². The van der Waals surface area contributed by atoms with Crippen LogP contribution in [0.1, 0.15) is 70.1 Å². The number of nitrogens with one attached hydrogen (secondary N) is 5. The van der Waals surface area contributed by atoms with Crippen molar-refractivity contribution in [3.63, 3.8) is 0 Å². The Morgan fingerprint density at radius 2 is 1.41 bits per heavy atom. The molecule has 0 bridgehead atoms. The summed E-state index contributed by atoms with van der Waals surface area (Å²) in [5.41, 5.74) is 4.95. The van der Waals surface area contributed by atoms with Crippen LogP contribution in [0.5, 0.6) is 5.75 Å². The lowest BCUT2D eigenvalue weighted by Crippen LogP contribution is -2.59. The molecule has 0 aliphatic rings. The minimum absolute atomic E-state index is 0.0000746. The SMILES string of the molecule is Cc1ccc(S(=O)(=O)NCCCC[C@H](NC(=O)[C@@H](NC(=O)OCc2ccccc2)C(C)C)C(=O)N[C@@H](CC(C)C)C(=O)NN(Cc2ccc(O)cc2)C(=O)CI)cc1. The largest absolute Gasteiger partial charge is 0.508 e. The molecule has 0 aliphatic carbocycles. The fourth-order valence-corrected chi connectivity index (χ4v) is 7.16. The molecule has 3 rings (SSSR count). The van der Waals surface area contributed by atoms with E-state index < -0.39 is 63.8 Å². The topological polar surface area (TPSA) is 212 Å². The number of alkyl carbamates (subject to hydrolysis) is 1. The fraction of sp³-hybridized carbons (Fsp3) is 0.439. The number of halogens is 1. The van der Waals surface area contributed by atoms with E-state index in [9.17, 15) is 37.5 Å². The van der Waals surface area contributed by atoms with Gasteiger partial charge in [0.15, 0.2) is 0 Å². The third kappa shape index (κ3) is 16.2. The average Bonchev–Trinajstić information content (AvgIpc) is 3.18. The number of unbranched alkanes of at least 4 members (excludes halogenated alkanes) is 1. The van der Waals surface area contributed by atoms with Gasteiger partial charge in [-0.2, -0.15) is 0 Å². The number of nitrogens with zero attached hydrogens (tertiary/aromatic N) is 1. The summed E-state index contributed by atoms with van der Waals surface area (Å²) in [6, 6.07) is 18.2. The van der Waals surface area contributed by atoms with E-state index in [2.05, 4.69) is 26.1 Å². The highest BCUT2D eigenvalue weighted by atomic mass is 127. The molecule has 17 heteroatoms. The summed E-state index contributed by atoms with van der Waals surface area (Å²) in [4.78, 5) is 67.4.